The third kappa shape index (κ3) is 3.41. The Bertz CT molecular complexity index is 398. The summed E-state index contributed by atoms with van der Waals surface area (Å²) >= 11 is 0. The minimum absolute atomic E-state index is 0.0312. The quantitative estimate of drug-likeness (QED) is 0.840. The van der Waals surface area contributed by atoms with Gasteiger partial charge in [-0.3, -0.25) is 0 Å². The Hall–Kier alpha value is -1.18. The maximum atomic E-state index is 9.81. The van der Waals surface area contributed by atoms with Gasteiger partial charge in [0.2, 0.25) is 0 Å². The van der Waals surface area contributed by atoms with E-state index in [-0.39, 0.29) is 5.41 Å². The Morgan fingerprint density at radius 3 is 2.33 bits per heavy atom. The number of phenolic OH excluding ortho intramolecular Hbond substituents is 1. The Labute approximate surface area is 110 Å². The van der Waals surface area contributed by atoms with Gasteiger partial charge < -0.3 is 9.84 Å². The van der Waals surface area contributed by atoms with Crippen LogP contribution in [-0.4, -0.2) is 11.2 Å². The first-order chi connectivity index (χ1) is 8.45. The van der Waals surface area contributed by atoms with Crippen molar-refractivity contribution < 1.29 is 9.84 Å². The average molecular weight is 248 g/mol. The largest absolute Gasteiger partial charge is 0.508 e. The number of benzene rings is 1. The molecular weight excluding hydrogens is 224 g/mol. The van der Waals surface area contributed by atoms with Crippen molar-refractivity contribution in [1.29, 1.82) is 0 Å². The van der Waals surface area contributed by atoms with Gasteiger partial charge in [-0.2, -0.15) is 0 Å². The molecule has 1 aromatic rings. The second kappa shape index (κ2) is 5.21. The van der Waals surface area contributed by atoms with Crippen LogP contribution in [0.15, 0.2) is 18.2 Å². The number of ether oxygens (including phenoxy) is 1. The molecule has 0 heterocycles. The minimum Gasteiger partial charge on any atom is -0.508 e. The predicted octanol–water partition coefficient (Wildman–Crippen LogP) is 4.40. The van der Waals surface area contributed by atoms with Gasteiger partial charge in [0.15, 0.2) is 0 Å². The van der Waals surface area contributed by atoms with Crippen molar-refractivity contribution in [2.45, 2.75) is 64.4 Å². The smallest absolute Gasteiger partial charge is 0.123 e. The maximum Gasteiger partial charge on any atom is 0.123 e. The summed E-state index contributed by atoms with van der Waals surface area (Å²) in [5.41, 5.74) is 1.15. The molecule has 2 rings (SSSR count). The zero-order valence-electron chi connectivity index (χ0n) is 11.7. The second-order valence-electron chi connectivity index (χ2n) is 6.34. The van der Waals surface area contributed by atoms with Crippen LogP contribution in [0.2, 0.25) is 0 Å². The van der Waals surface area contributed by atoms with Crippen molar-refractivity contribution in [2.24, 2.45) is 0 Å². The molecule has 0 spiro atoms. The number of phenols is 1. The molecule has 0 bridgehead atoms. The van der Waals surface area contributed by atoms with Crippen molar-refractivity contribution in [1.82, 2.24) is 0 Å². The third-order valence-corrected chi connectivity index (χ3v) is 3.61. The molecule has 1 N–H and O–H groups in total. The highest BCUT2D eigenvalue weighted by molar-refractivity contribution is 5.40. The lowest BCUT2D eigenvalue weighted by molar-refractivity contribution is 0.154. The Morgan fingerprint density at radius 1 is 1.06 bits per heavy atom. The molecule has 2 heteroatoms. The summed E-state index contributed by atoms with van der Waals surface area (Å²) in [5, 5.41) is 9.81. The van der Waals surface area contributed by atoms with Crippen LogP contribution in [0.4, 0.5) is 0 Å². The van der Waals surface area contributed by atoms with E-state index >= 15 is 0 Å². The van der Waals surface area contributed by atoms with E-state index in [1.807, 2.05) is 6.07 Å². The van der Waals surface area contributed by atoms with Gasteiger partial charge >= 0.3 is 0 Å². The molecule has 1 aliphatic rings. The minimum atomic E-state index is 0.0312. The van der Waals surface area contributed by atoms with Crippen LogP contribution in [0.5, 0.6) is 11.5 Å². The monoisotopic (exact) mass is 248 g/mol. The number of hydrogen-bond donors (Lipinski definition) is 1. The summed E-state index contributed by atoms with van der Waals surface area (Å²) in [6.45, 7) is 6.44. The topological polar surface area (TPSA) is 29.5 Å². The van der Waals surface area contributed by atoms with E-state index in [9.17, 15) is 5.11 Å². The SMILES string of the molecule is CC(C)(C)c1cc(O)cc(OC2CCCCC2)c1. The summed E-state index contributed by atoms with van der Waals surface area (Å²) in [5.74, 6) is 1.11. The summed E-state index contributed by atoms with van der Waals surface area (Å²) in [6.07, 6.45) is 6.45. The van der Waals surface area contributed by atoms with Gasteiger partial charge in [-0.05, 0) is 48.8 Å². The van der Waals surface area contributed by atoms with Crippen molar-refractivity contribution in [2.75, 3.05) is 0 Å². The molecule has 1 fully saturated rings. The van der Waals surface area contributed by atoms with Crippen LogP contribution in [-0.2, 0) is 5.41 Å². The molecule has 100 valence electrons. The highest BCUT2D eigenvalue weighted by atomic mass is 16.5. The van der Waals surface area contributed by atoms with Crippen LogP contribution in [0.1, 0.15) is 58.4 Å². The van der Waals surface area contributed by atoms with Gasteiger partial charge in [0.25, 0.3) is 0 Å². The summed E-state index contributed by atoms with van der Waals surface area (Å²) in [4.78, 5) is 0. The zero-order valence-corrected chi connectivity index (χ0v) is 11.7. The molecule has 2 nitrogen and oxygen atoms in total. The fourth-order valence-corrected chi connectivity index (χ4v) is 2.46. The van der Waals surface area contributed by atoms with E-state index in [0.29, 0.717) is 11.9 Å². The number of aromatic hydroxyl groups is 1. The van der Waals surface area contributed by atoms with Gasteiger partial charge in [-0.25, -0.2) is 0 Å². The van der Waals surface area contributed by atoms with Crippen molar-refractivity contribution in [3.05, 3.63) is 23.8 Å². The number of hydrogen-bond acceptors (Lipinski definition) is 2. The van der Waals surface area contributed by atoms with E-state index < -0.39 is 0 Å². The fraction of sp³-hybridized carbons (Fsp3) is 0.625. The third-order valence-electron chi connectivity index (χ3n) is 3.61. The van der Waals surface area contributed by atoms with Crippen LogP contribution >= 0.6 is 0 Å². The van der Waals surface area contributed by atoms with Crippen LogP contribution in [0.3, 0.4) is 0 Å². The molecule has 1 aliphatic carbocycles. The van der Waals surface area contributed by atoms with Crippen LogP contribution in [0.25, 0.3) is 0 Å². The van der Waals surface area contributed by atoms with Crippen molar-refractivity contribution in [3.8, 4) is 11.5 Å². The van der Waals surface area contributed by atoms with Crippen molar-refractivity contribution in [3.63, 3.8) is 0 Å². The predicted molar refractivity (Wildman–Crippen MR) is 74.3 cm³/mol. The molecule has 0 amide bonds. The van der Waals surface area contributed by atoms with Crippen LogP contribution < -0.4 is 4.74 Å². The molecule has 1 aromatic carbocycles. The highest BCUT2D eigenvalue weighted by Crippen LogP contribution is 2.32. The van der Waals surface area contributed by atoms with E-state index in [0.717, 1.165) is 24.2 Å². The zero-order chi connectivity index (χ0) is 13.2. The van der Waals surface area contributed by atoms with Crippen LogP contribution in [0, 0.1) is 0 Å². The van der Waals surface area contributed by atoms with E-state index in [1.54, 1.807) is 6.07 Å². The summed E-state index contributed by atoms with van der Waals surface area (Å²) < 4.78 is 6.01. The normalized spacial score (nSPS) is 17.7. The standard InChI is InChI=1S/C16H24O2/c1-16(2,3)12-9-13(17)11-15(10-12)18-14-7-5-4-6-8-14/h9-11,14,17H,4-8H2,1-3H3. The summed E-state index contributed by atoms with van der Waals surface area (Å²) in [6, 6.07) is 5.62. The van der Waals surface area contributed by atoms with Gasteiger partial charge in [0.05, 0.1) is 6.10 Å². The summed E-state index contributed by atoms with van der Waals surface area (Å²) in [7, 11) is 0. The van der Waals surface area contributed by atoms with Gasteiger partial charge in [0, 0.05) is 6.07 Å². The Balaban J connectivity index is 2.14. The molecule has 0 atom stereocenters. The number of rotatable bonds is 2. The van der Waals surface area contributed by atoms with E-state index in [2.05, 4.69) is 26.8 Å². The first-order valence-electron chi connectivity index (χ1n) is 6.96. The first-order valence-corrected chi connectivity index (χ1v) is 6.96. The average Bonchev–Trinajstić information content (AvgIpc) is 2.28. The second-order valence-corrected chi connectivity index (χ2v) is 6.34. The Morgan fingerprint density at radius 2 is 1.72 bits per heavy atom. The molecule has 0 aromatic heterocycles. The maximum absolute atomic E-state index is 9.81. The van der Waals surface area contributed by atoms with E-state index in [1.165, 1.54) is 19.3 Å². The lowest BCUT2D eigenvalue weighted by Gasteiger charge is -2.25. The lowest BCUT2D eigenvalue weighted by atomic mass is 9.87. The lowest BCUT2D eigenvalue weighted by Crippen LogP contribution is -2.20. The van der Waals surface area contributed by atoms with E-state index in [4.69, 9.17) is 4.74 Å². The van der Waals surface area contributed by atoms with Gasteiger partial charge in [0.1, 0.15) is 11.5 Å². The fourth-order valence-electron chi connectivity index (χ4n) is 2.46. The first kappa shape index (κ1) is 13.3. The van der Waals surface area contributed by atoms with Crippen molar-refractivity contribution >= 4 is 0 Å². The van der Waals surface area contributed by atoms with Gasteiger partial charge in [-0.15, -0.1) is 0 Å². The van der Waals surface area contributed by atoms with Gasteiger partial charge in [-0.1, -0.05) is 27.2 Å². The Kier molecular flexibility index (Phi) is 3.84. The molecular formula is C16H24O2. The molecule has 0 unspecified atom stereocenters. The molecule has 0 radical (unpaired) electrons. The molecule has 0 aliphatic heterocycles. The highest BCUT2D eigenvalue weighted by Gasteiger charge is 2.18. The molecule has 1 saturated carbocycles. The molecule has 18 heavy (non-hydrogen) atoms. The molecule has 0 saturated heterocycles.